The Kier molecular flexibility index (Phi) is 1.85. The maximum atomic E-state index is 11.6. The fraction of sp³-hybridized carbons (Fsp3) is 0.222. The minimum Gasteiger partial charge on any atom is -0.362 e. The van der Waals surface area contributed by atoms with E-state index in [9.17, 15) is 8.42 Å². The molecule has 0 saturated heterocycles. The zero-order valence-corrected chi connectivity index (χ0v) is 8.75. The summed E-state index contributed by atoms with van der Waals surface area (Å²) >= 11 is 0. The van der Waals surface area contributed by atoms with E-state index in [1.165, 1.54) is 0 Å². The third kappa shape index (κ3) is 1.21. The summed E-state index contributed by atoms with van der Waals surface area (Å²) in [6.45, 7) is 0. The van der Waals surface area contributed by atoms with Crippen molar-refractivity contribution in [3.63, 3.8) is 0 Å². The number of benzene rings is 1. The van der Waals surface area contributed by atoms with Gasteiger partial charge in [0.05, 0.1) is 0 Å². The molecular formula is C9H10N2O2S. The first-order chi connectivity index (χ1) is 6.52. The molecule has 14 heavy (non-hydrogen) atoms. The van der Waals surface area contributed by atoms with Crippen molar-refractivity contribution in [3.8, 4) is 0 Å². The van der Waals surface area contributed by atoms with Crippen LogP contribution < -0.4 is 0 Å². The Morgan fingerprint density at radius 3 is 2.50 bits per heavy atom. The summed E-state index contributed by atoms with van der Waals surface area (Å²) in [6.07, 6.45) is 0. The van der Waals surface area contributed by atoms with Crippen LogP contribution in [0.3, 0.4) is 0 Å². The molecule has 0 spiro atoms. The van der Waals surface area contributed by atoms with Crippen LogP contribution in [0, 0.1) is 0 Å². The van der Waals surface area contributed by atoms with Crippen molar-refractivity contribution in [2.45, 2.75) is 4.90 Å². The molecule has 1 aliphatic heterocycles. The molecule has 0 aromatic heterocycles. The molecule has 0 N–H and O–H groups in total. The van der Waals surface area contributed by atoms with Crippen LogP contribution in [0.1, 0.15) is 5.56 Å². The van der Waals surface area contributed by atoms with Crippen molar-refractivity contribution in [2.75, 3.05) is 14.1 Å². The number of hydrogen-bond acceptors (Lipinski definition) is 3. The third-order valence-electron chi connectivity index (χ3n) is 2.04. The normalized spacial score (nSPS) is 17.4. The predicted octanol–water partition coefficient (Wildman–Crippen LogP) is 0.697. The molecule has 2 rings (SSSR count). The molecule has 5 heteroatoms. The van der Waals surface area contributed by atoms with Gasteiger partial charge in [-0.3, -0.25) is 0 Å². The van der Waals surface area contributed by atoms with Gasteiger partial charge in [0.15, 0.2) is 0 Å². The van der Waals surface area contributed by atoms with Crippen LogP contribution >= 0.6 is 0 Å². The van der Waals surface area contributed by atoms with Crippen molar-refractivity contribution in [3.05, 3.63) is 29.8 Å². The molecular weight excluding hydrogens is 200 g/mol. The summed E-state index contributed by atoms with van der Waals surface area (Å²) in [4.78, 5) is 1.99. The first kappa shape index (κ1) is 9.21. The van der Waals surface area contributed by atoms with E-state index in [4.69, 9.17) is 0 Å². The Morgan fingerprint density at radius 1 is 1.21 bits per heavy atom. The lowest BCUT2D eigenvalue weighted by Crippen LogP contribution is -2.21. The van der Waals surface area contributed by atoms with E-state index in [1.54, 1.807) is 43.3 Å². The van der Waals surface area contributed by atoms with Gasteiger partial charge < -0.3 is 4.90 Å². The van der Waals surface area contributed by atoms with Crippen molar-refractivity contribution in [1.82, 2.24) is 4.90 Å². The fourth-order valence-corrected chi connectivity index (χ4v) is 2.69. The van der Waals surface area contributed by atoms with E-state index in [0.29, 0.717) is 16.3 Å². The van der Waals surface area contributed by atoms with Crippen LogP contribution in [0.4, 0.5) is 0 Å². The summed E-state index contributed by atoms with van der Waals surface area (Å²) in [5.41, 5.74) is 0.678. The van der Waals surface area contributed by atoms with Gasteiger partial charge in [0.2, 0.25) is 0 Å². The smallest absolute Gasteiger partial charge is 0.285 e. The lowest BCUT2D eigenvalue weighted by molar-refractivity contribution is 0.597. The zero-order valence-electron chi connectivity index (χ0n) is 7.93. The van der Waals surface area contributed by atoms with Crippen molar-refractivity contribution < 1.29 is 8.42 Å². The van der Waals surface area contributed by atoms with Gasteiger partial charge in [0, 0.05) is 19.7 Å². The molecule has 1 aliphatic rings. The average molecular weight is 210 g/mol. The molecule has 0 bridgehead atoms. The highest BCUT2D eigenvalue weighted by Gasteiger charge is 2.28. The van der Waals surface area contributed by atoms with Gasteiger partial charge in [0.25, 0.3) is 10.0 Å². The highest BCUT2D eigenvalue weighted by atomic mass is 32.2. The van der Waals surface area contributed by atoms with E-state index in [1.807, 2.05) is 0 Å². The fourth-order valence-electron chi connectivity index (χ4n) is 1.41. The van der Waals surface area contributed by atoms with Gasteiger partial charge in [-0.1, -0.05) is 12.1 Å². The lowest BCUT2D eigenvalue weighted by Gasteiger charge is -2.10. The second kappa shape index (κ2) is 2.81. The topological polar surface area (TPSA) is 49.7 Å². The van der Waals surface area contributed by atoms with E-state index >= 15 is 0 Å². The van der Waals surface area contributed by atoms with Crippen LogP contribution in [0.2, 0.25) is 0 Å². The van der Waals surface area contributed by atoms with Crippen LogP contribution in [0.25, 0.3) is 0 Å². The number of rotatable bonds is 0. The van der Waals surface area contributed by atoms with Gasteiger partial charge >= 0.3 is 0 Å². The molecule has 0 unspecified atom stereocenters. The van der Waals surface area contributed by atoms with Gasteiger partial charge in [0.1, 0.15) is 10.7 Å². The maximum absolute atomic E-state index is 11.6. The Hall–Kier alpha value is -1.36. The van der Waals surface area contributed by atoms with E-state index in [2.05, 4.69) is 4.40 Å². The monoisotopic (exact) mass is 210 g/mol. The van der Waals surface area contributed by atoms with Gasteiger partial charge in [-0.15, -0.1) is 4.40 Å². The molecule has 1 aromatic carbocycles. The van der Waals surface area contributed by atoms with Gasteiger partial charge in [-0.2, -0.15) is 8.42 Å². The lowest BCUT2D eigenvalue weighted by atomic mass is 10.2. The largest absolute Gasteiger partial charge is 0.362 e. The summed E-state index contributed by atoms with van der Waals surface area (Å²) in [6, 6.07) is 6.84. The molecule has 0 saturated carbocycles. The Bertz CT molecular complexity index is 503. The first-order valence-electron chi connectivity index (χ1n) is 4.14. The minimum absolute atomic E-state index is 0.295. The van der Waals surface area contributed by atoms with Gasteiger partial charge in [-0.05, 0) is 12.1 Å². The molecule has 74 valence electrons. The molecule has 0 aliphatic carbocycles. The molecule has 0 fully saturated rings. The Labute approximate surface area is 82.9 Å². The predicted molar refractivity (Wildman–Crippen MR) is 53.9 cm³/mol. The Morgan fingerprint density at radius 2 is 1.86 bits per heavy atom. The standard InChI is InChI=1S/C9H10N2O2S/c1-11(2)9-7-5-3-4-6-8(7)14(12,13)10-9/h3-6H,1-2H3. The second-order valence-corrected chi connectivity index (χ2v) is 4.85. The van der Waals surface area contributed by atoms with Crippen molar-refractivity contribution >= 4 is 15.9 Å². The van der Waals surface area contributed by atoms with Crippen LogP contribution in [0.5, 0.6) is 0 Å². The second-order valence-electron chi connectivity index (χ2n) is 3.28. The summed E-state index contributed by atoms with van der Waals surface area (Å²) in [7, 11) is 0.0950. The number of fused-ring (bicyclic) bond motifs is 1. The maximum Gasteiger partial charge on any atom is 0.285 e. The van der Waals surface area contributed by atoms with Crippen LogP contribution in [0.15, 0.2) is 33.6 Å². The number of hydrogen-bond donors (Lipinski definition) is 0. The van der Waals surface area contributed by atoms with Gasteiger partial charge in [-0.25, -0.2) is 0 Å². The van der Waals surface area contributed by atoms with Crippen LogP contribution in [-0.2, 0) is 10.0 Å². The summed E-state index contributed by atoms with van der Waals surface area (Å²) < 4.78 is 26.8. The van der Waals surface area contributed by atoms with E-state index in [0.717, 1.165) is 0 Å². The molecule has 0 radical (unpaired) electrons. The SMILES string of the molecule is CN(C)C1=NS(=O)(=O)c2ccccc21. The third-order valence-corrected chi connectivity index (χ3v) is 3.36. The highest BCUT2D eigenvalue weighted by molar-refractivity contribution is 7.90. The van der Waals surface area contributed by atoms with E-state index < -0.39 is 10.0 Å². The summed E-state index contributed by atoms with van der Waals surface area (Å²) in [5, 5.41) is 0. The molecule has 0 atom stereocenters. The van der Waals surface area contributed by atoms with Crippen molar-refractivity contribution in [2.24, 2.45) is 4.40 Å². The zero-order chi connectivity index (χ0) is 10.3. The van der Waals surface area contributed by atoms with E-state index in [-0.39, 0.29) is 0 Å². The first-order valence-corrected chi connectivity index (χ1v) is 5.58. The highest BCUT2D eigenvalue weighted by Crippen LogP contribution is 2.26. The quantitative estimate of drug-likeness (QED) is 0.633. The number of nitrogens with zero attached hydrogens (tertiary/aromatic N) is 2. The summed E-state index contributed by atoms with van der Waals surface area (Å²) in [5.74, 6) is 0.501. The minimum atomic E-state index is -3.45. The average Bonchev–Trinajstić information content (AvgIpc) is 2.40. The number of sulfonamides is 1. The van der Waals surface area contributed by atoms with Crippen molar-refractivity contribution in [1.29, 1.82) is 0 Å². The molecule has 4 nitrogen and oxygen atoms in total. The molecule has 1 aromatic rings. The molecule has 1 heterocycles. The number of amidine groups is 1. The molecule has 0 amide bonds. The van der Waals surface area contributed by atoms with Crippen LogP contribution in [-0.4, -0.2) is 33.2 Å². The Balaban J connectivity index is 2.73.